The van der Waals surface area contributed by atoms with Crippen LogP contribution in [0.5, 0.6) is 0 Å². The van der Waals surface area contributed by atoms with E-state index in [0.717, 1.165) is 31.5 Å². The Hall–Kier alpha value is 0.620. The van der Waals surface area contributed by atoms with Gasteiger partial charge in [-0.2, -0.15) is 24.4 Å². The van der Waals surface area contributed by atoms with Gasteiger partial charge in [0.1, 0.15) is 0 Å². The molecule has 1 heterocycles. The first-order chi connectivity index (χ1) is 7.34. The first kappa shape index (κ1) is 12.1. The second-order valence-corrected chi connectivity index (χ2v) is 6.41. The zero-order chi connectivity index (χ0) is 10.5. The quantitative estimate of drug-likeness (QED) is 0.442. The van der Waals surface area contributed by atoms with Crippen molar-refractivity contribution in [3.05, 3.63) is 0 Å². The summed E-state index contributed by atoms with van der Waals surface area (Å²) in [5.41, 5.74) is 0. The average Bonchev–Trinajstić information content (AvgIpc) is 3.01. The maximum absolute atomic E-state index is 5.77. The highest BCUT2D eigenvalue weighted by Gasteiger charge is 2.22. The van der Waals surface area contributed by atoms with Crippen molar-refractivity contribution in [2.45, 2.75) is 42.3 Å². The summed E-state index contributed by atoms with van der Waals surface area (Å²) in [6, 6.07) is 0. The molecular weight excluding hydrogens is 228 g/mol. The number of thioether (sulfide) groups is 1. The minimum Gasteiger partial charge on any atom is -0.378 e. The van der Waals surface area contributed by atoms with Crippen LogP contribution in [0.4, 0.5) is 0 Å². The van der Waals surface area contributed by atoms with E-state index in [2.05, 4.69) is 12.6 Å². The Morgan fingerprint density at radius 2 is 2.13 bits per heavy atom. The molecule has 0 aromatic heterocycles. The number of ether oxygens (including phenoxy) is 2. The van der Waals surface area contributed by atoms with Gasteiger partial charge in [0.2, 0.25) is 0 Å². The maximum Gasteiger partial charge on any atom is 0.0704 e. The van der Waals surface area contributed by atoms with Crippen LogP contribution in [0.15, 0.2) is 0 Å². The van der Waals surface area contributed by atoms with Gasteiger partial charge in [-0.05, 0) is 25.7 Å². The summed E-state index contributed by atoms with van der Waals surface area (Å²) in [5.74, 6) is 1.28. The molecule has 88 valence electrons. The van der Waals surface area contributed by atoms with E-state index >= 15 is 0 Å². The first-order valence-corrected chi connectivity index (χ1v) is 7.40. The van der Waals surface area contributed by atoms with E-state index in [9.17, 15) is 0 Å². The summed E-state index contributed by atoms with van der Waals surface area (Å²) in [5, 5.41) is 1.33. The molecule has 4 heteroatoms. The van der Waals surface area contributed by atoms with Crippen LogP contribution in [-0.2, 0) is 9.47 Å². The van der Waals surface area contributed by atoms with E-state index < -0.39 is 0 Å². The van der Waals surface area contributed by atoms with Crippen LogP contribution in [-0.4, -0.2) is 42.2 Å². The van der Waals surface area contributed by atoms with Crippen LogP contribution in [0.3, 0.4) is 0 Å². The Morgan fingerprint density at radius 3 is 2.87 bits per heavy atom. The molecule has 2 rings (SSSR count). The lowest BCUT2D eigenvalue weighted by Crippen LogP contribution is -2.24. The molecule has 0 bridgehead atoms. The number of rotatable bonds is 6. The van der Waals surface area contributed by atoms with Gasteiger partial charge >= 0.3 is 0 Å². The van der Waals surface area contributed by atoms with Crippen LogP contribution >= 0.6 is 24.4 Å². The molecule has 3 atom stereocenters. The predicted octanol–water partition coefficient (Wildman–Crippen LogP) is 2.38. The lowest BCUT2D eigenvalue weighted by molar-refractivity contribution is -0.00756. The minimum absolute atomic E-state index is 0.431. The summed E-state index contributed by atoms with van der Waals surface area (Å²) in [4.78, 5) is 0. The van der Waals surface area contributed by atoms with Crippen molar-refractivity contribution in [3.63, 3.8) is 0 Å². The van der Waals surface area contributed by atoms with Gasteiger partial charge in [0, 0.05) is 16.3 Å². The number of thiol groups is 1. The Balaban J connectivity index is 1.45. The summed E-state index contributed by atoms with van der Waals surface area (Å²) >= 11 is 6.48. The molecule has 2 fully saturated rings. The molecule has 1 saturated heterocycles. The highest BCUT2D eigenvalue weighted by atomic mass is 32.2. The van der Waals surface area contributed by atoms with E-state index in [4.69, 9.17) is 9.47 Å². The zero-order valence-electron chi connectivity index (χ0n) is 9.06. The lowest BCUT2D eigenvalue weighted by Gasteiger charge is -2.26. The third kappa shape index (κ3) is 4.98. The first-order valence-electron chi connectivity index (χ1n) is 5.83. The van der Waals surface area contributed by atoms with E-state index in [1.165, 1.54) is 25.0 Å². The predicted molar refractivity (Wildman–Crippen MR) is 68.0 cm³/mol. The van der Waals surface area contributed by atoms with Crippen LogP contribution < -0.4 is 0 Å². The number of hydrogen-bond donors (Lipinski definition) is 1. The van der Waals surface area contributed by atoms with Crippen LogP contribution in [0.2, 0.25) is 0 Å². The molecule has 1 aliphatic heterocycles. The monoisotopic (exact) mass is 248 g/mol. The molecule has 1 saturated carbocycles. The third-order valence-corrected chi connectivity index (χ3v) is 4.30. The van der Waals surface area contributed by atoms with Gasteiger partial charge in [0.05, 0.1) is 25.9 Å². The minimum atomic E-state index is 0.431. The van der Waals surface area contributed by atoms with Crippen molar-refractivity contribution >= 4 is 24.4 Å². The highest BCUT2D eigenvalue weighted by Crippen LogP contribution is 2.29. The molecular formula is C11H20O2S2. The van der Waals surface area contributed by atoms with E-state index in [1.54, 1.807) is 0 Å². The van der Waals surface area contributed by atoms with Gasteiger partial charge in [-0.25, -0.2) is 0 Å². The summed E-state index contributed by atoms with van der Waals surface area (Å²) in [6.07, 6.45) is 5.26. The van der Waals surface area contributed by atoms with Crippen molar-refractivity contribution in [2.75, 3.05) is 25.6 Å². The molecule has 0 radical (unpaired) electrons. The molecule has 1 aliphatic carbocycles. The van der Waals surface area contributed by atoms with Gasteiger partial charge in [-0.1, -0.05) is 0 Å². The SMILES string of the molecule is SC1CCCC(OCCOCC2CS2)C1. The number of hydrogen-bond acceptors (Lipinski definition) is 4. The van der Waals surface area contributed by atoms with Crippen LogP contribution in [0, 0.1) is 0 Å². The normalized spacial score (nSPS) is 35.4. The maximum atomic E-state index is 5.77. The summed E-state index contributed by atoms with van der Waals surface area (Å²) in [6.45, 7) is 2.42. The molecule has 0 spiro atoms. The molecule has 0 aromatic rings. The molecule has 2 aliphatic rings. The van der Waals surface area contributed by atoms with Crippen molar-refractivity contribution in [2.24, 2.45) is 0 Å². The van der Waals surface area contributed by atoms with Gasteiger partial charge in [-0.15, -0.1) is 0 Å². The van der Waals surface area contributed by atoms with Crippen LogP contribution in [0.25, 0.3) is 0 Å². The van der Waals surface area contributed by atoms with Gasteiger partial charge in [-0.3, -0.25) is 0 Å². The van der Waals surface area contributed by atoms with Gasteiger partial charge < -0.3 is 9.47 Å². The molecule has 2 nitrogen and oxygen atoms in total. The molecule has 3 unspecified atom stereocenters. The molecule has 15 heavy (non-hydrogen) atoms. The van der Waals surface area contributed by atoms with Crippen molar-refractivity contribution < 1.29 is 9.47 Å². The largest absolute Gasteiger partial charge is 0.378 e. The highest BCUT2D eigenvalue weighted by molar-refractivity contribution is 8.06. The van der Waals surface area contributed by atoms with Crippen molar-refractivity contribution in [1.29, 1.82) is 0 Å². The van der Waals surface area contributed by atoms with Crippen molar-refractivity contribution in [1.82, 2.24) is 0 Å². The Kier molecular flexibility index (Phi) is 5.14. The fourth-order valence-electron chi connectivity index (χ4n) is 1.92. The topological polar surface area (TPSA) is 18.5 Å². The zero-order valence-corrected chi connectivity index (χ0v) is 10.8. The van der Waals surface area contributed by atoms with Crippen LogP contribution in [0.1, 0.15) is 25.7 Å². The van der Waals surface area contributed by atoms with Gasteiger partial charge in [0.15, 0.2) is 0 Å². The lowest BCUT2D eigenvalue weighted by atomic mass is 9.97. The third-order valence-electron chi connectivity index (χ3n) is 2.89. The summed E-state index contributed by atoms with van der Waals surface area (Å²) in [7, 11) is 0. The molecule has 0 N–H and O–H groups in total. The fraction of sp³-hybridized carbons (Fsp3) is 1.00. The van der Waals surface area contributed by atoms with Crippen molar-refractivity contribution in [3.8, 4) is 0 Å². The van der Waals surface area contributed by atoms with Gasteiger partial charge in [0.25, 0.3) is 0 Å². The average molecular weight is 248 g/mol. The Bertz CT molecular complexity index is 185. The summed E-state index contributed by atoms with van der Waals surface area (Å²) < 4.78 is 11.3. The Morgan fingerprint density at radius 1 is 1.27 bits per heavy atom. The standard InChI is InChI=1S/C11H20O2S2/c14-10-3-1-2-9(6-10)13-5-4-12-7-11-8-15-11/h9-11,14H,1-8H2. The van der Waals surface area contributed by atoms with E-state index in [1.807, 2.05) is 11.8 Å². The molecule has 0 aromatic carbocycles. The van der Waals surface area contributed by atoms with E-state index in [0.29, 0.717) is 11.4 Å². The second-order valence-electron chi connectivity index (χ2n) is 4.34. The smallest absolute Gasteiger partial charge is 0.0704 e. The van der Waals surface area contributed by atoms with E-state index in [-0.39, 0.29) is 0 Å². The Labute approximate surface area is 102 Å². The fourth-order valence-corrected chi connectivity index (χ4v) is 2.77. The molecule has 0 amide bonds. The second kappa shape index (κ2) is 6.38.